The summed E-state index contributed by atoms with van der Waals surface area (Å²) in [5.74, 6) is -2.68. The lowest BCUT2D eigenvalue weighted by Gasteiger charge is -2.05. The smallest absolute Gasteiger partial charge is 0.379 e. The van der Waals surface area contributed by atoms with E-state index in [-0.39, 0.29) is 12.2 Å². The van der Waals surface area contributed by atoms with Gasteiger partial charge in [0.1, 0.15) is 5.82 Å². The number of ether oxygens (including phenoxy) is 1. The van der Waals surface area contributed by atoms with Crippen LogP contribution in [-0.4, -0.2) is 18.4 Å². The summed E-state index contributed by atoms with van der Waals surface area (Å²) in [4.78, 5) is 23.0. The maximum absolute atomic E-state index is 14.1. The van der Waals surface area contributed by atoms with Crippen LogP contribution in [0, 0.1) is 5.82 Å². The van der Waals surface area contributed by atoms with Crippen LogP contribution in [0.1, 0.15) is 17.3 Å². The molecule has 0 spiro atoms. The number of carbonyl (C=O) groups is 2. The highest BCUT2D eigenvalue weighted by Crippen LogP contribution is 2.21. The van der Waals surface area contributed by atoms with E-state index < -0.39 is 17.6 Å². The zero-order valence-corrected chi connectivity index (χ0v) is 9.77. The number of esters is 1. The fourth-order valence-corrected chi connectivity index (χ4v) is 1.72. The topological polar surface area (TPSA) is 43.4 Å². The maximum atomic E-state index is 14.1. The van der Waals surface area contributed by atoms with Crippen molar-refractivity contribution in [2.45, 2.75) is 6.92 Å². The number of hydrogen-bond acceptors (Lipinski definition) is 3. The third kappa shape index (κ3) is 2.09. The summed E-state index contributed by atoms with van der Waals surface area (Å²) in [5, 5.41) is 0.989. The van der Waals surface area contributed by atoms with Gasteiger partial charge in [-0.2, -0.15) is 0 Å². The van der Waals surface area contributed by atoms with Crippen molar-refractivity contribution in [3.05, 3.63) is 47.8 Å². The van der Waals surface area contributed by atoms with Crippen molar-refractivity contribution in [2.75, 3.05) is 6.61 Å². The fraction of sp³-hybridized carbons (Fsp3) is 0.143. The molecule has 0 saturated carbocycles. The number of rotatable bonds is 3. The van der Waals surface area contributed by atoms with Gasteiger partial charge in [-0.3, -0.25) is 4.79 Å². The Kier molecular flexibility index (Phi) is 3.37. The number of Topliss-reactive ketones (excluding diaryl/α,β-unsaturated/α-hetero) is 1. The van der Waals surface area contributed by atoms with Crippen LogP contribution in [0.5, 0.6) is 0 Å². The summed E-state index contributed by atoms with van der Waals surface area (Å²) in [7, 11) is 0. The molecule has 0 atom stereocenters. The molecule has 2 rings (SSSR count). The second kappa shape index (κ2) is 4.96. The first kappa shape index (κ1) is 12.2. The van der Waals surface area contributed by atoms with Gasteiger partial charge >= 0.3 is 5.97 Å². The fourth-order valence-electron chi connectivity index (χ4n) is 1.72. The summed E-state index contributed by atoms with van der Waals surface area (Å²) in [6.45, 7) is 1.67. The van der Waals surface area contributed by atoms with E-state index >= 15 is 0 Å². The quantitative estimate of drug-likeness (QED) is 0.475. The second-order valence-corrected chi connectivity index (χ2v) is 3.70. The third-order valence-electron chi connectivity index (χ3n) is 2.57. The van der Waals surface area contributed by atoms with Gasteiger partial charge in [-0.05, 0) is 18.4 Å². The predicted octanol–water partition coefficient (Wildman–Crippen LogP) is 2.72. The number of benzene rings is 2. The van der Waals surface area contributed by atoms with Gasteiger partial charge in [0.25, 0.3) is 5.78 Å². The molecule has 0 bridgehead atoms. The lowest BCUT2D eigenvalue weighted by atomic mass is 10.0. The Morgan fingerprint density at radius 3 is 2.61 bits per heavy atom. The molecule has 2 aromatic rings. The average Bonchev–Trinajstić information content (AvgIpc) is 2.39. The summed E-state index contributed by atoms with van der Waals surface area (Å²) in [5.41, 5.74) is -0.257. The molecular formula is C14H11FO3. The van der Waals surface area contributed by atoms with Gasteiger partial charge in [-0.1, -0.05) is 30.3 Å². The number of carbonyl (C=O) groups excluding carboxylic acids is 2. The molecule has 92 valence electrons. The van der Waals surface area contributed by atoms with Crippen LogP contribution in [0.3, 0.4) is 0 Å². The van der Waals surface area contributed by atoms with Crippen molar-refractivity contribution in [3.63, 3.8) is 0 Å². The van der Waals surface area contributed by atoms with Crippen LogP contribution in [0.4, 0.5) is 4.39 Å². The van der Waals surface area contributed by atoms with Gasteiger partial charge in [0, 0.05) is 5.39 Å². The van der Waals surface area contributed by atoms with Crippen molar-refractivity contribution < 1.29 is 18.7 Å². The second-order valence-electron chi connectivity index (χ2n) is 3.70. The van der Waals surface area contributed by atoms with Gasteiger partial charge in [0.05, 0.1) is 12.2 Å². The predicted molar refractivity (Wildman–Crippen MR) is 64.9 cm³/mol. The van der Waals surface area contributed by atoms with E-state index in [1.165, 1.54) is 6.07 Å². The van der Waals surface area contributed by atoms with Gasteiger partial charge in [0.15, 0.2) is 0 Å². The Bertz CT molecular complexity index is 619. The number of fused-ring (bicyclic) bond motifs is 1. The average molecular weight is 246 g/mol. The van der Waals surface area contributed by atoms with Gasteiger partial charge < -0.3 is 4.74 Å². The Balaban J connectivity index is 2.49. The summed E-state index contributed by atoms with van der Waals surface area (Å²) >= 11 is 0. The molecule has 0 radical (unpaired) electrons. The summed E-state index contributed by atoms with van der Waals surface area (Å²) in [6.07, 6.45) is 0. The molecule has 2 aromatic carbocycles. The molecule has 3 nitrogen and oxygen atoms in total. The molecule has 0 amide bonds. The Labute approximate surface area is 103 Å². The van der Waals surface area contributed by atoms with Gasteiger partial charge in [-0.25, -0.2) is 9.18 Å². The third-order valence-corrected chi connectivity index (χ3v) is 2.57. The highest BCUT2D eigenvalue weighted by atomic mass is 19.1. The Morgan fingerprint density at radius 1 is 1.17 bits per heavy atom. The monoisotopic (exact) mass is 246 g/mol. The lowest BCUT2D eigenvalue weighted by Crippen LogP contribution is -2.18. The minimum atomic E-state index is -1.04. The SMILES string of the molecule is CCOC(=O)C(=O)c1ccc2ccccc2c1F. The van der Waals surface area contributed by atoms with Crippen molar-refractivity contribution in [1.82, 2.24) is 0 Å². The first-order valence-corrected chi connectivity index (χ1v) is 5.54. The standard InChI is InChI=1S/C14H11FO3/c1-2-18-14(17)13(16)11-8-7-9-5-3-4-6-10(9)12(11)15/h3-8H,2H2,1H3. The largest absolute Gasteiger partial charge is 0.460 e. The molecule has 0 aliphatic heterocycles. The van der Waals surface area contributed by atoms with Crippen LogP contribution in [0.2, 0.25) is 0 Å². The molecule has 0 aliphatic carbocycles. The van der Waals surface area contributed by atoms with Crippen LogP contribution in [0.15, 0.2) is 36.4 Å². The maximum Gasteiger partial charge on any atom is 0.379 e. The highest BCUT2D eigenvalue weighted by molar-refractivity contribution is 6.41. The van der Waals surface area contributed by atoms with Crippen LogP contribution in [-0.2, 0) is 9.53 Å². The number of hydrogen-bond donors (Lipinski definition) is 0. The van der Waals surface area contributed by atoms with E-state index in [0.29, 0.717) is 10.8 Å². The van der Waals surface area contributed by atoms with E-state index in [4.69, 9.17) is 0 Å². The minimum Gasteiger partial charge on any atom is -0.460 e. The van der Waals surface area contributed by atoms with E-state index in [0.717, 1.165) is 0 Å². The molecule has 0 unspecified atom stereocenters. The lowest BCUT2D eigenvalue weighted by molar-refractivity contribution is -0.137. The summed E-state index contributed by atoms with van der Waals surface area (Å²) < 4.78 is 18.7. The normalized spacial score (nSPS) is 10.3. The molecule has 0 aromatic heterocycles. The molecule has 4 heteroatoms. The number of ketones is 1. The molecule has 0 N–H and O–H groups in total. The number of halogens is 1. The van der Waals surface area contributed by atoms with Crippen molar-refractivity contribution in [1.29, 1.82) is 0 Å². The molecular weight excluding hydrogens is 235 g/mol. The van der Waals surface area contributed by atoms with Gasteiger partial charge in [0.2, 0.25) is 0 Å². The van der Waals surface area contributed by atoms with Crippen molar-refractivity contribution in [2.24, 2.45) is 0 Å². The first-order valence-electron chi connectivity index (χ1n) is 5.54. The van der Waals surface area contributed by atoms with E-state index in [1.54, 1.807) is 37.3 Å². The molecule has 18 heavy (non-hydrogen) atoms. The molecule has 0 fully saturated rings. The highest BCUT2D eigenvalue weighted by Gasteiger charge is 2.22. The Hall–Kier alpha value is -2.23. The van der Waals surface area contributed by atoms with Crippen LogP contribution in [0.25, 0.3) is 10.8 Å². The van der Waals surface area contributed by atoms with Crippen molar-refractivity contribution >= 4 is 22.5 Å². The van der Waals surface area contributed by atoms with E-state index in [2.05, 4.69) is 4.74 Å². The van der Waals surface area contributed by atoms with Crippen molar-refractivity contribution in [3.8, 4) is 0 Å². The molecule has 0 heterocycles. The van der Waals surface area contributed by atoms with E-state index in [9.17, 15) is 14.0 Å². The zero-order chi connectivity index (χ0) is 13.1. The van der Waals surface area contributed by atoms with Crippen LogP contribution >= 0.6 is 0 Å². The Morgan fingerprint density at radius 2 is 1.89 bits per heavy atom. The minimum absolute atomic E-state index is 0.0831. The molecule has 0 aliphatic rings. The van der Waals surface area contributed by atoms with E-state index in [1.807, 2.05) is 0 Å². The molecule has 0 saturated heterocycles. The summed E-state index contributed by atoms with van der Waals surface area (Å²) in [6, 6.07) is 9.64. The van der Waals surface area contributed by atoms with Crippen LogP contribution < -0.4 is 0 Å². The van der Waals surface area contributed by atoms with Gasteiger partial charge in [-0.15, -0.1) is 0 Å². The zero-order valence-electron chi connectivity index (χ0n) is 9.77. The first-order chi connectivity index (χ1) is 8.65.